The van der Waals surface area contributed by atoms with Gasteiger partial charge in [-0.1, -0.05) is 24.3 Å². The number of cyclic esters (lactones) is 2. The Balaban J connectivity index is 0.000000193. The number of aliphatic hydroxyl groups excluding tert-OH is 1. The second-order valence-corrected chi connectivity index (χ2v) is 26.7. The Kier molecular flexibility index (Phi) is 18.8. The third kappa shape index (κ3) is 15.0. The van der Waals surface area contributed by atoms with Gasteiger partial charge >= 0.3 is 18.5 Å². The van der Waals surface area contributed by atoms with Crippen LogP contribution in [0.15, 0.2) is 58.3 Å². The summed E-state index contributed by atoms with van der Waals surface area (Å²) in [6.45, 7) is 10.2. The molecule has 4 aliphatic carbocycles. The molecule has 3 aliphatic heterocycles. The topological polar surface area (TPSA) is 268 Å². The largest absolute Gasteiger partial charge is 0.508 e. The fourth-order valence-corrected chi connectivity index (χ4v) is 13.1. The van der Waals surface area contributed by atoms with Gasteiger partial charge in [0.25, 0.3) is 0 Å². The SMILES string of the molecule is C[C@@H]1CN(CC2(CC#N)CC2)CCN1S(=O)(=O)c1ccc(C(C)(O)C(F)(F)F)cc1.C[C@@H]1CN(CC2(CC(N)=O)CC2)CCN1S(=O)(=O)c1ccc(C(C)(O)C(F)(F)F)cc1.N#CCC1(CO)CC1.O=C1OCC2(CC2)CO1. The third-order valence-corrected chi connectivity index (χ3v) is 20.2. The maximum absolute atomic E-state index is 13.1. The number of piperazine rings is 2. The lowest BCUT2D eigenvalue weighted by molar-refractivity contribution is -0.259. The minimum Gasteiger partial charge on any atom is -0.434 e. The van der Waals surface area contributed by atoms with Crippen molar-refractivity contribution in [2.75, 3.05) is 72.2 Å². The van der Waals surface area contributed by atoms with Crippen molar-refractivity contribution in [3.63, 3.8) is 0 Å². The van der Waals surface area contributed by atoms with Gasteiger partial charge in [0.1, 0.15) is 13.2 Å². The second kappa shape index (κ2) is 23.4. The molecule has 434 valence electrons. The van der Waals surface area contributed by atoms with Gasteiger partial charge in [-0.25, -0.2) is 21.6 Å². The molecule has 4 atom stereocenters. The Labute approximate surface area is 452 Å². The number of nitrogens with two attached hydrogens (primary N) is 1. The van der Waals surface area contributed by atoms with Crippen molar-refractivity contribution in [1.82, 2.24) is 18.4 Å². The van der Waals surface area contributed by atoms with E-state index in [2.05, 4.69) is 21.9 Å². The highest BCUT2D eigenvalue weighted by Crippen LogP contribution is 2.51. The van der Waals surface area contributed by atoms with Gasteiger partial charge in [-0.05, 0) is 125 Å². The van der Waals surface area contributed by atoms with E-state index in [-0.39, 0.29) is 69.1 Å². The zero-order valence-corrected chi connectivity index (χ0v) is 45.9. The van der Waals surface area contributed by atoms with E-state index in [9.17, 15) is 63.0 Å². The second-order valence-electron chi connectivity index (χ2n) is 22.9. The summed E-state index contributed by atoms with van der Waals surface area (Å²) in [5.74, 6) is -0.334. The van der Waals surface area contributed by atoms with E-state index >= 15 is 0 Å². The summed E-state index contributed by atoms with van der Waals surface area (Å²) in [6.07, 6.45) is -0.627. The van der Waals surface area contributed by atoms with E-state index in [0.29, 0.717) is 79.0 Å². The van der Waals surface area contributed by atoms with Crippen LogP contribution >= 0.6 is 0 Å². The standard InChI is InChI=1S/C20H28F3N3O4S.C20H26F3N3O3S.C6H9NO.C6H8O3/c1-14-12-25(13-19(7-8-19)11-17(24)27)9-10-26(14)31(29,30)16-5-3-15(4-6-16)18(2,28)20(21,22)23;1-15-13-25(14-19(7-8-19)9-10-24)11-12-26(15)30(28,29)17-5-3-16(4-6-17)18(2,27)20(21,22)23;7-4-3-6(5-8)1-2-6;7-5-8-3-6(1-2-6)4-9-5/h3-6,14,28H,7-13H2,1-2H3,(H2,24,27);3-6,15,27H,7-9,11-14H2,1-2H3;8H,1-3,5H2;1-4H2/t14-,18?;15-,18?;;/m11../s1. The number of benzene rings is 2. The number of amides is 1. The number of hydrogen-bond donors (Lipinski definition) is 4. The molecule has 4 saturated carbocycles. The molecule has 3 heterocycles. The van der Waals surface area contributed by atoms with Crippen molar-refractivity contribution in [3.8, 4) is 12.1 Å². The molecule has 7 aliphatic rings. The Hall–Kier alpha value is -4.64. The zero-order chi connectivity index (χ0) is 58.0. The third-order valence-electron chi connectivity index (χ3n) is 16.2. The number of hydrogen-bond acceptors (Lipinski definition) is 15. The Bertz CT molecular complexity index is 2740. The van der Waals surface area contributed by atoms with E-state index in [1.165, 1.54) is 8.61 Å². The summed E-state index contributed by atoms with van der Waals surface area (Å²) < 4.78 is 142. The number of halogens is 6. The number of carbonyl (C=O) groups is 2. The van der Waals surface area contributed by atoms with E-state index in [0.717, 1.165) is 106 Å². The Morgan fingerprint density at radius 3 is 1.29 bits per heavy atom. The van der Waals surface area contributed by atoms with Gasteiger partial charge < -0.3 is 30.5 Å². The Morgan fingerprint density at radius 2 is 1.01 bits per heavy atom. The van der Waals surface area contributed by atoms with Crippen LogP contribution in [0.1, 0.15) is 109 Å². The van der Waals surface area contributed by atoms with E-state index in [4.69, 9.17) is 30.8 Å². The van der Waals surface area contributed by atoms with Crippen LogP contribution in [-0.4, -0.2) is 159 Å². The van der Waals surface area contributed by atoms with E-state index in [1.54, 1.807) is 13.8 Å². The number of primary amides is 1. The van der Waals surface area contributed by atoms with Crippen LogP contribution in [0, 0.1) is 44.3 Å². The molecular formula is C52H71F6N7O11S2. The fourth-order valence-electron chi connectivity index (χ4n) is 9.86. The van der Waals surface area contributed by atoms with Crippen molar-refractivity contribution >= 4 is 32.1 Å². The molecule has 1 amide bonds. The minimum absolute atomic E-state index is 0.0365. The summed E-state index contributed by atoms with van der Waals surface area (Å²) >= 11 is 0. The molecule has 0 bridgehead atoms. The number of rotatable bonds is 15. The van der Waals surface area contributed by atoms with E-state index < -0.39 is 60.9 Å². The van der Waals surface area contributed by atoms with Crippen molar-refractivity contribution in [1.29, 1.82) is 10.5 Å². The zero-order valence-electron chi connectivity index (χ0n) is 44.3. The van der Waals surface area contributed by atoms with Crippen LogP contribution in [0.4, 0.5) is 31.1 Å². The molecule has 2 aromatic carbocycles. The molecule has 5 N–H and O–H groups in total. The van der Waals surface area contributed by atoms with Crippen LogP contribution in [0.2, 0.25) is 0 Å². The van der Waals surface area contributed by atoms with Crippen LogP contribution in [0.25, 0.3) is 0 Å². The quantitative estimate of drug-likeness (QED) is 0.113. The van der Waals surface area contributed by atoms with Crippen molar-refractivity contribution < 1.29 is 77.6 Å². The number of ether oxygens (including phenoxy) is 2. The van der Waals surface area contributed by atoms with Gasteiger partial charge in [0.05, 0.1) is 21.9 Å². The van der Waals surface area contributed by atoms with Crippen LogP contribution < -0.4 is 5.73 Å². The van der Waals surface area contributed by atoms with Gasteiger partial charge in [-0.15, -0.1) is 0 Å². The van der Waals surface area contributed by atoms with Crippen molar-refractivity contribution in [3.05, 3.63) is 59.7 Å². The van der Waals surface area contributed by atoms with Crippen molar-refractivity contribution in [2.24, 2.45) is 27.4 Å². The first kappa shape index (κ1) is 62.6. The monoisotopic (exact) mass is 1150 g/mol. The molecule has 9 rings (SSSR count). The number of aliphatic hydroxyl groups is 3. The van der Waals surface area contributed by atoms with E-state index in [1.807, 2.05) is 0 Å². The lowest BCUT2D eigenvalue weighted by Gasteiger charge is -2.40. The average Bonchev–Trinajstić information content (AvgIpc) is 4.16. The van der Waals surface area contributed by atoms with Crippen LogP contribution in [-0.2, 0) is 45.5 Å². The predicted molar refractivity (Wildman–Crippen MR) is 269 cm³/mol. The first-order chi connectivity index (χ1) is 36.1. The van der Waals surface area contributed by atoms with Gasteiger partial charge in [0.15, 0.2) is 11.2 Å². The minimum atomic E-state index is -4.88. The normalized spacial score (nSPS) is 24.9. The molecule has 7 fully saturated rings. The van der Waals surface area contributed by atoms with Gasteiger partial charge in [-0.3, -0.25) is 14.6 Å². The highest BCUT2D eigenvalue weighted by atomic mass is 32.2. The van der Waals surface area contributed by atoms with Gasteiger partial charge in [0.2, 0.25) is 26.0 Å². The molecule has 3 saturated heterocycles. The highest BCUT2D eigenvalue weighted by Gasteiger charge is 2.53. The summed E-state index contributed by atoms with van der Waals surface area (Å²) in [6, 6.07) is 12.0. The highest BCUT2D eigenvalue weighted by molar-refractivity contribution is 7.89. The number of nitriles is 2. The van der Waals surface area contributed by atoms with Crippen LogP contribution in [0.3, 0.4) is 0 Å². The maximum atomic E-state index is 13.1. The first-order valence-corrected chi connectivity index (χ1v) is 28.7. The molecule has 2 unspecified atom stereocenters. The summed E-state index contributed by atoms with van der Waals surface area (Å²) in [7, 11) is -7.79. The molecule has 1 spiro atoms. The molecule has 2 aromatic rings. The summed E-state index contributed by atoms with van der Waals surface area (Å²) in [4.78, 5) is 25.7. The molecule has 78 heavy (non-hydrogen) atoms. The van der Waals surface area contributed by atoms with Crippen molar-refractivity contribution in [2.45, 2.75) is 144 Å². The molecule has 0 radical (unpaired) electrons. The molecule has 0 aromatic heterocycles. The average molecular weight is 1150 g/mol. The summed E-state index contributed by atoms with van der Waals surface area (Å²) in [5.41, 5.74) is -1.42. The molecule has 18 nitrogen and oxygen atoms in total. The maximum Gasteiger partial charge on any atom is 0.508 e. The smallest absolute Gasteiger partial charge is 0.434 e. The predicted octanol–water partition coefficient (Wildman–Crippen LogP) is 6.26. The molecule has 26 heteroatoms. The van der Waals surface area contributed by atoms with Gasteiger partial charge in [-0.2, -0.15) is 45.5 Å². The van der Waals surface area contributed by atoms with Gasteiger partial charge in [0, 0.05) is 101 Å². The summed E-state index contributed by atoms with van der Waals surface area (Å²) in [5, 5.41) is 45.4. The Morgan fingerprint density at radius 1 is 0.654 bits per heavy atom. The first-order valence-electron chi connectivity index (χ1n) is 25.8. The number of alkyl halides is 6. The number of sulfonamides is 2. The number of nitrogens with zero attached hydrogens (tertiary/aromatic N) is 6. The lowest BCUT2D eigenvalue weighted by Crippen LogP contribution is -2.54. The molecular weight excluding hydrogens is 1080 g/mol. The van der Waals surface area contributed by atoms with Crippen LogP contribution in [0.5, 0.6) is 0 Å². The number of carbonyl (C=O) groups excluding carboxylic acids is 2. The lowest BCUT2D eigenvalue weighted by atomic mass is 9.96. The fraction of sp³-hybridized carbons (Fsp3) is 0.692.